The van der Waals surface area contributed by atoms with Crippen LogP contribution in [0.2, 0.25) is 5.02 Å². The van der Waals surface area contributed by atoms with Crippen LogP contribution in [0.25, 0.3) is 0 Å². The van der Waals surface area contributed by atoms with Gasteiger partial charge in [0.15, 0.2) is 0 Å². The molecule has 1 aliphatic heterocycles. The summed E-state index contributed by atoms with van der Waals surface area (Å²) < 4.78 is 0. The van der Waals surface area contributed by atoms with Gasteiger partial charge in [0, 0.05) is 49.8 Å². The van der Waals surface area contributed by atoms with Crippen molar-refractivity contribution in [2.75, 3.05) is 46.3 Å². The predicted molar refractivity (Wildman–Crippen MR) is 307 cm³/mol. The molecule has 1 aliphatic rings. The summed E-state index contributed by atoms with van der Waals surface area (Å²) in [6.07, 6.45) is -2.24. The molecule has 10 amide bonds. The highest BCUT2D eigenvalue weighted by atomic mass is 35.5. The van der Waals surface area contributed by atoms with Gasteiger partial charge in [-0.05, 0) is 101 Å². The number of halogens is 1. The molecular weight excluding hydrogens is 1090 g/mol. The fourth-order valence-electron chi connectivity index (χ4n) is 8.41. The first kappa shape index (κ1) is 71.3. The maximum Gasteiger partial charge on any atom is 0.245 e. The van der Waals surface area contributed by atoms with Crippen LogP contribution in [-0.4, -0.2) is 176 Å². The summed E-state index contributed by atoms with van der Waals surface area (Å²) >= 11 is 5.98. The van der Waals surface area contributed by atoms with Crippen LogP contribution in [0.3, 0.4) is 0 Å². The first-order chi connectivity index (χ1) is 38.8. The Labute approximate surface area is 484 Å². The summed E-state index contributed by atoms with van der Waals surface area (Å²) in [6.45, 7) is 7.96. The van der Waals surface area contributed by atoms with Crippen molar-refractivity contribution in [3.8, 4) is 0 Å². The molecule has 28 heteroatoms. The normalized spacial score (nSPS) is 22.7. The maximum atomic E-state index is 14.0. The van der Waals surface area contributed by atoms with Crippen LogP contribution in [0.5, 0.6) is 0 Å². The van der Waals surface area contributed by atoms with Crippen LogP contribution >= 0.6 is 11.6 Å². The van der Waals surface area contributed by atoms with E-state index in [-0.39, 0.29) is 96.1 Å². The summed E-state index contributed by atoms with van der Waals surface area (Å²) in [5.74, 6) is -7.66. The standard InChI is InChI=1S/C36H60N10O8.C18H28ClN5O4/c1-20(2)18-27-34(52)43-25(11-15-38)31(49)42-26(12-16-39)33(51)46-29(22(4)47)36(54)40-17-13-21(3)30(48)41-24(10-14-37)32(50)45-28(35(53)44-27)19-23-8-6-5-7-9-23;1-10(25)16(18(28)23-14(9-21)17(27)22-2)24-15(26)7-12(8-20)11-4-3-5-13(19)6-11/h5-9,20-22,24-29,47H,10-19,37-39H2,1-4H3,(H,40,54)(H,41,48)(H,42,49)(H,43,52)(H,44,53)(H,45,50)(H,46,51);3-6,10,12,14,16,25H,7-9,20-21H2,1-2H3,(H,22,27)(H,23,28)(H,24,26)/t21-,22+,24-,25-,26-,27-,28+,29-;10-,12?,14+,16+/m01/s1. The predicted octanol–water partition coefficient (Wildman–Crippen LogP) is -4.41. The second kappa shape index (κ2) is 37.3. The molecule has 2 aromatic carbocycles. The Bertz CT molecular complexity index is 2410. The summed E-state index contributed by atoms with van der Waals surface area (Å²) in [7, 11) is 1.41. The number of rotatable bonds is 21. The Morgan fingerprint density at radius 2 is 1.15 bits per heavy atom. The summed E-state index contributed by atoms with van der Waals surface area (Å²) in [4.78, 5) is 131. The van der Waals surface area contributed by atoms with Gasteiger partial charge in [-0.3, -0.25) is 47.9 Å². The molecule has 2 aromatic rings. The molecule has 0 bridgehead atoms. The smallest absolute Gasteiger partial charge is 0.245 e. The Balaban J connectivity index is 0.000000687. The summed E-state index contributed by atoms with van der Waals surface area (Å²) in [6, 6.07) is 6.32. The van der Waals surface area contributed by atoms with Gasteiger partial charge in [0.25, 0.3) is 0 Å². The molecule has 12 atom stereocenters. The largest absolute Gasteiger partial charge is 0.391 e. The highest BCUT2D eigenvalue weighted by molar-refractivity contribution is 6.30. The van der Waals surface area contributed by atoms with Gasteiger partial charge in [0.05, 0.1) is 12.2 Å². The van der Waals surface area contributed by atoms with Crippen LogP contribution in [0.4, 0.5) is 0 Å². The van der Waals surface area contributed by atoms with E-state index < -0.39 is 126 Å². The van der Waals surface area contributed by atoms with Crippen molar-refractivity contribution in [2.24, 2.45) is 40.5 Å². The van der Waals surface area contributed by atoms with Crippen LogP contribution in [0.1, 0.15) is 90.2 Å². The molecule has 1 fully saturated rings. The molecule has 1 heterocycles. The molecule has 1 saturated heterocycles. The van der Waals surface area contributed by atoms with Crippen molar-refractivity contribution >= 4 is 70.7 Å². The van der Waals surface area contributed by atoms with E-state index in [4.69, 9.17) is 40.3 Å². The summed E-state index contributed by atoms with van der Waals surface area (Å²) in [5.41, 5.74) is 30.1. The number of hydrogen-bond donors (Lipinski definition) is 17. The number of benzene rings is 2. The second-order valence-corrected chi connectivity index (χ2v) is 20.9. The number of aliphatic hydroxyl groups is 2. The maximum absolute atomic E-state index is 14.0. The van der Waals surface area contributed by atoms with Crippen molar-refractivity contribution in [1.82, 2.24) is 53.2 Å². The van der Waals surface area contributed by atoms with E-state index in [0.717, 1.165) is 5.56 Å². The third-order valence-corrected chi connectivity index (χ3v) is 13.4. The minimum atomic E-state index is -1.43. The molecule has 0 radical (unpaired) electrons. The number of carbonyl (C=O) groups excluding carboxylic acids is 10. The van der Waals surface area contributed by atoms with Crippen molar-refractivity contribution in [1.29, 1.82) is 0 Å². The van der Waals surface area contributed by atoms with Crippen molar-refractivity contribution in [2.45, 2.75) is 146 Å². The zero-order valence-electron chi connectivity index (χ0n) is 47.6. The molecule has 0 spiro atoms. The van der Waals surface area contributed by atoms with Crippen LogP contribution < -0.4 is 81.8 Å². The molecule has 458 valence electrons. The van der Waals surface area contributed by atoms with E-state index in [1.807, 2.05) is 19.9 Å². The average molecular weight is 1170 g/mol. The highest BCUT2D eigenvalue weighted by Gasteiger charge is 2.36. The van der Waals surface area contributed by atoms with Gasteiger partial charge in [0.1, 0.15) is 48.3 Å². The Hall–Kier alpha value is -6.85. The Kier molecular flexibility index (Phi) is 32.4. The van der Waals surface area contributed by atoms with Crippen molar-refractivity contribution in [3.63, 3.8) is 0 Å². The van der Waals surface area contributed by atoms with Gasteiger partial charge in [-0.25, -0.2) is 0 Å². The first-order valence-corrected chi connectivity index (χ1v) is 27.8. The number of hydrogen-bond acceptors (Lipinski definition) is 17. The highest BCUT2D eigenvalue weighted by Crippen LogP contribution is 2.22. The topological polar surface area (TPSA) is 462 Å². The van der Waals surface area contributed by atoms with Gasteiger partial charge in [-0.1, -0.05) is 74.8 Å². The number of carbonyl (C=O) groups is 10. The van der Waals surface area contributed by atoms with Crippen molar-refractivity contribution < 1.29 is 58.2 Å². The van der Waals surface area contributed by atoms with Crippen LogP contribution in [-0.2, 0) is 54.4 Å². The number of amides is 10. The molecule has 0 aliphatic carbocycles. The number of likely N-dealkylation sites (N-methyl/N-ethyl adjacent to an activating group) is 1. The molecule has 1 unspecified atom stereocenters. The lowest BCUT2D eigenvalue weighted by Gasteiger charge is -2.28. The van der Waals surface area contributed by atoms with Gasteiger partial charge < -0.3 is 92.0 Å². The van der Waals surface area contributed by atoms with Crippen LogP contribution in [0, 0.1) is 11.8 Å². The zero-order valence-corrected chi connectivity index (χ0v) is 48.4. The molecule has 3 rings (SSSR count). The third-order valence-electron chi connectivity index (χ3n) is 13.1. The lowest BCUT2D eigenvalue weighted by Crippen LogP contribution is -2.61. The monoisotopic (exact) mass is 1170 g/mol. The second-order valence-electron chi connectivity index (χ2n) is 20.5. The fourth-order valence-corrected chi connectivity index (χ4v) is 8.61. The van der Waals surface area contributed by atoms with Crippen molar-refractivity contribution in [3.05, 3.63) is 70.7 Å². The van der Waals surface area contributed by atoms with Gasteiger partial charge >= 0.3 is 0 Å². The van der Waals surface area contributed by atoms with Gasteiger partial charge in [-0.15, -0.1) is 0 Å². The van der Waals surface area contributed by atoms with E-state index in [1.165, 1.54) is 20.9 Å². The lowest BCUT2D eigenvalue weighted by molar-refractivity contribution is -0.136. The van der Waals surface area contributed by atoms with E-state index in [1.54, 1.807) is 55.5 Å². The summed E-state index contributed by atoms with van der Waals surface area (Å²) in [5, 5.41) is 46.5. The van der Waals surface area contributed by atoms with E-state index in [2.05, 4.69) is 53.2 Å². The number of nitrogens with two attached hydrogens (primary N) is 5. The van der Waals surface area contributed by atoms with E-state index >= 15 is 0 Å². The fraction of sp³-hybridized carbons (Fsp3) is 0.593. The van der Waals surface area contributed by atoms with E-state index in [9.17, 15) is 58.2 Å². The minimum absolute atomic E-state index is 0.00308. The Morgan fingerprint density at radius 1 is 0.634 bits per heavy atom. The quantitative estimate of drug-likeness (QED) is 0.0561. The lowest BCUT2D eigenvalue weighted by atomic mass is 9.95. The molecule has 0 saturated carbocycles. The molecular formula is C54H88ClN15O12. The molecule has 22 N–H and O–H groups in total. The van der Waals surface area contributed by atoms with E-state index in [0.29, 0.717) is 10.6 Å². The number of aliphatic hydroxyl groups excluding tert-OH is 2. The molecule has 0 aromatic heterocycles. The van der Waals surface area contributed by atoms with Crippen LogP contribution in [0.15, 0.2) is 54.6 Å². The average Bonchev–Trinajstić information content (AvgIpc) is 3.46. The molecule has 27 nitrogen and oxygen atoms in total. The zero-order chi connectivity index (χ0) is 61.6. The van der Waals surface area contributed by atoms with Gasteiger partial charge in [0.2, 0.25) is 59.1 Å². The number of nitrogens with one attached hydrogen (secondary N) is 10. The minimum Gasteiger partial charge on any atom is -0.391 e. The SMILES string of the molecule is CC(C)C[C@@H]1NC(=O)[C@@H](Cc2ccccc2)NC(=O)[C@H](CCN)NC(=O)[C@@H](C)CCNC(=O)[C@H]([C@@H](C)O)NC(=O)[C@H](CCN)NC(=O)[C@H](CCN)NC1=O.CNC(=O)[C@H](CN)NC(=O)[C@@H](NC(=O)CC(CN)c1cccc(Cl)c1)[C@@H](C)O. The van der Waals surface area contributed by atoms with Gasteiger partial charge in [-0.2, -0.15) is 0 Å². The third kappa shape index (κ3) is 24.7. The Morgan fingerprint density at radius 3 is 1.63 bits per heavy atom. The molecule has 82 heavy (non-hydrogen) atoms. The first-order valence-electron chi connectivity index (χ1n) is 27.4.